The highest BCUT2D eigenvalue weighted by molar-refractivity contribution is 5.89. The summed E-state index contributed by atoms with van der Waals surface area (Å²) in [6.07, 6.45) is 6.78. The van der Waals surface area contributed by atoms with Crippen LogP contribution in [-0.4, -0.2) is 18.7 Å². The summed E-state index contributed by atoms with van der Waals surface area (Å²) >= 11 is 0. The molecule has 2 saturated carbocycles. The molecule has 1 unspecified atom stereocenters. The van der Waals surface area contributed by atoms with E-state index >= 15 is 0 Å². The number of hydrogen-bond acceptors (Lipinski definition) is 3. The summed E-state index contributed by atoms with van der Waals surface area (Å²) in [4.78, 5) is 11.7. The zero-order valence-corrected chi connectivity index (χ0v) is 12.0. The van der Waals surface area contributed by atoms with Crippen LogP contribution in [0.15, 0.2) is 24.3 Å². The number of ether oxygens (including phenoxy) is 2. The minimum Gasteiger partial charge on any atom is -0.490 e. The Morgan fingerprint density at radius 1 is 1.20 bits per heavy atom. The Labute approximate surface area is 120 Å². The number of fused-ring (bicyclic) bond motifs is 2. The molecule has 2 bridgehead atoms. The lowest BCUT2D eigenvalue weighted by Crippen LogP contribution is -2.26. The van der Waals surface area contributed by atoms with Crippen molar-refractivity contribution in [1.29, 1.82) is 0 Å². The summed E-state index contributed by atoms with van der Waals surface area (Å²) in [6, 6.07) is 7.36. The van der Waals surface area contributed by atoms with Crippen LogP contribution in [0.25, 0.3) is 0 Å². The SMILES string of the molecule is CCOC(=O)c1cccc(OC2C[C@H]3CC[C@@H](C2)C3)c1. The van der Waals surface area contributed by atoms with Gasteiger partial charge in [0.25, 0.3) is 0 Å². The average Bonchev–Trinajstić information content (AvgIpc) is 2.78. The van der Waals surface area contributed by atoms with Crippen molar-refractivity contribution in [1.82, 2.24) is 0 Å². The minimum absolute atomic E-state index is 0.276. The molecule has 0 aromatic heterocycles. The van der Waals surface area contributed by atoms with Gasteiger partial charge in [-0.05, 0) is 56.2 Å². The second-order valence-electron chi connectivity index (χ2n) is 6.00. The van der Waals surface area contributed by atoms with Gasteiger partial charge in [-0.3, -0.25) is 0 Å². The van der Waals surface area contributed by atoms with Crippen molar-refractivity contribution < 1.29 is 14.3 Å². The van der Waals surface area contributed by atoms with Crippen LogP contribution < -0.4 is 4.74 Å². The Morgan fingerprint density at radius 3 is 2.65 bits per heavy atom. The maximum absolute atomic E-state index is 11.7. The van der Waals surface area contributed by atoms with Gasteiger partial charge in [-0.15, -0.1) is 0 Å². The summed E-state index contributed by atoms with van der Waals surface area (Å²) in [7, 11) is 0. The van der Waals surface area contributed by atoms with Crippen molar-refractivity contribution in [3.63, 3.8) is 0 Å². The summed E-state index contributed by atoms with van der Waals surface area (Å²) in [5.74, 6) is 2.22. The summed E-state index contributed by atoms with van der Waals surface area (Å²) in [6.45, 7) is 2.21. The highest BCUT2D eigenvalue weighted by Crippen LogP contribution is 2.43. The second kappa shape index (κ2) is 5.86. The lowest BCUT2D eigenvalue weighted by molar-refractivity contribution is 0.0525. The van der Waals surface area contributed by atoms with Crippen LogP contribution in [0.3, 0.4) is 0 Å². The molecule has 0 radical (unpaired) electrons. The van der Waals surface area contributed by atoms with E-state index in [0.29, 0.717) is 18.3 Å². The van der Waals surface area contributed by atoms with Crippen molar-refractivity contribution in [2.24, 2.45) is 11.8 Å². The second-order valence-corrected chi connectivity index (χ2v) is 6.00. The van der Waals surface area contributed by atoms with E-state index in [1.54, 1.807) is 12.1 Å². The van der Waals surface area contributed by atoms with Crippen LogP contribution >= 0.6 is 0 Å². The third-order valence-corrected chi connectivity index (χ3v) is 4.49. The first-order valence-electron chi connectivity index (χ1n) is 7.68. The highest BCUT2D eigenvalue weighted by atomic mass is 16.5. The zero-order chi connectivity index (χ0) is 13.9. The van der Waals surface area contributed by atoms with E-state index in [9.17, 15) is 4.79 Å². The Hall–Kier alpha value is -1.51. The molecule has 108 valence electrons. The fraction of sp³-hybridized carbons (Fsp3) is 0.588. The lowest BCUT2D eigenvalue weighted by atomic mass is 9.87. The molecule has 3 atom stereocenters. The van der Waals surface area contributed by atoms with Crippen molar-refractivity contribution >= 4 is 5.97 Å². The van der Waals surface area contributed by atoms with Crippen LogP contribution in [0.1, 0.15) is 49.4 Å². The molecule has 2 aliphatic rings. The molecule has 2 aliphatic carbocycles. The van der Waals surface area contributed by atoms with E-state index in [1.807, 2.05) is 19.1 Å². The smallest absolute Gasteiger partial charge is 0.338 e. The molecule has 0 saturated heterocycles. The number of benzene rings is 1. The zero-order valence-electron chi connectivity index (χ0n) is 12.0. The molecular weight excluding hydrogens is 252 g/mol. The van der Waals surface area contributed by atoms with Gasteiger partial charge in [-0.25, -0.2) is 4.79 Å². The molecule has 0 heterocycles. The number of esters is 1. The fourth-order valence-corrected chi connectivity index (χ4v) is 3.65. The van der Waals surface area contributed by atoms with Gasteiger partial charge in [-0.1, -0.05) is 18.9 Å². The molecule has 1 aromatic carbocycles. The molecule has 3 heteroatoms. The van der Waals surface area contributed by atoms with E-state index in [-0.39, 0.29) is 5.97 Å². The average molecular weight is 274 g/mol. The lowest BCUT2D eigenvalue weighted by Gasteiger charge is -2.28. The van der Waals surface area contributed by atoms with Crippen LogP contribution in [0, 0.1) is 11.8 Å². The van der Waals surface area contributed by atoms with Crippen LogP contribution in [0.5, 0.6) is 5.75 Å². The van der Waals surface area contributed by atoms with E-state index in [4.69, 9.17) is 9.47 Å². The van der Waals surface area contributed by atoms with Gasteiger partial charge >= 0.3 is 5.97 Å². The quantitative estimate of drug-likeness (QED) is 0.783. The number of rotatable bonds is 4. The summed E-state index contributed by atoms with van der Waals surface area (Å²) < 4.78 is 11.1. The van der Waals surface area contributed by atoms with Gasteiger partial charge in [0, 0.05) is 0 Å². The maximum Gasteiger partial charge on any atom is 0.338 e. The van der Waals surface area contributed by atoms with Crippen molar-refractivity contribution in [2.45, 2.75) is 45.1 Å². The number of carbonyl (C=O) groups is 1. The van der Waals surface area contributed by atoms with E-state index in [1.165, 1.54) is 32.1 Å². The molecule has 0 spiro atoms. The van der Waals surface area contributed by atoms with Crippen molar-refractivity contribution in [2.75, 3.05) is 6.61 Å². The van der Waals surface area contributed by atoms with Crippen LogP contribution in [0.4, 0.5) is 0 Å². The van der Waals surface area contributed by atoms with Crippen molar-refractivity contribution in [3.8, 4) is 5.75 Å². The molecule has 2 fully saturated rings. The molecule has 0 amide bonds. The predicted molar refractivity (Wildman–Crippen MR) is 76.9 cm³/mol. The molecule has 20 heavy (non-hydrogen) atoms. The standard InChI is InChI=1S/C17H22O3/c1-2-19-17(18)14-4-3-5-15(11-14)20-16-9-12-6-7-13(8-12)10-16/h3-5,11-13,16H,2,6-10H2,1H3/t12-,13+,16?. The maximum atomic E-state index is 11.7. The molecule has 3 nitrogen and oxygen atoms in total. The van der Waals surface area contributed by atoms with Crippen LogP contribution in [-0.2, 0) is 4.74 Å². The van der Waals surface area contributed by atoms with Gasteiger partial charge < -0.3 is 9.47 Å². The summed E-state index contributed by atoms with van der Waals surface area (Å²) in [5, 5.41) is 0. The van der Waals surface area contributed by atoms with Gasteiger partial charge in [-0.2, -0.15) is 0 Å². The first kappa shape index (κ1) is 13.5. The summed E-state index contributed by atoms with van der Waals surface area (Å²) in [5.41, 5.74) is 0.572. The Bertz CT molecular complexity index is 471. The molecule has 0 aliphatic heterocycles. The predicted octanol–water partition coefficient (Wildman–Crippen LogP) is 3.82. The first-order valence-corrected chi connectivity index (χ1v) is 7.68. The molecular formula is C17H22O3. The van der Waals surface area contributed by atoms with E-state index < -0.39 is 0 Å². The molecule has 0 N–H and O–H groups in total. The first-order chi connectivity index (χ1) is 9.74. The fourth-order valence-electron chi connectivity index (χ4n) is 3.65. The Morgan fingerprint density at radius 2 is 1.95 bits per heavy atom. The van der Waals surface area contributed by atoms with Gasteiger partial charge in [0.05, 0.1) is 18.3 Å². The number of hydrogen-bond donors (Lipinski definition) is 0. The normalized spacial score (nSPS) is 28.1. The third-order valence-electron chi connectivity index (χ3n) is 4.49. The Balaban J connectivity index is 1.65. The van der Waals surface area contributed by atoms with Gasteiger partial charge in [0.15, 0.2) is 0 Å². The molecule has 3 rings (SSSR count). The van der Waals surface area contributed by atoms with Gasteiger partial charge in [0.1, 0.15) is 5.75 Å². The van der Waals surface area contributed by atoms with Crippen LogP contribution in [0.2, 0.25) is 0 Å². The van der Waals surface area contributed by atoms with E-state index in [0.717, 1.165) is 17.6 Å². The third kappa shape index (κ3) is 2.97. The van der Waals surface area contributed by atoms with Crippen molar-refractivity contribution in [3.05, 3.63) is 29.8 Å². The Kier molecular flexibility index (Phi) is 3.95. The number of carbonyl (C=O) groups excluding carboxylic acids is 1. The monoisotopic (exact) mass is 274 g/mol. The minimum atomic E-state index is -0.276. The topological polar surface area (TPSA) is 35.5 Å². The molecule has 1 aromatic rings. The highest BCUT2D eigenvalue weighted by Gasteiger charge is 2.35. The van der Waals surface area contributed by atoms with E-state index in [2.05, 4.69) is 0 Å². The largest absolute Gasteiger partial charge is 0.490 e. The van der Waals surface area contributed by atoms with Gasteiger partial charge in [0.2, 0.25) is 0 Å².